The Hall–Kier alpha value is -2.96. The molecule has 2 aromatic rings. The summed E-state index contributed by atoms with van der Waals surface area (Å²) in [5.41, 5.74) is 1.06. The number of hydrogen-bond donors (Lipinski definition) is 2. The Balaban J connectivity index is 1.46. The molecule has 2 fully saturated rings. The van der Waals surface area contributed by atoms with Crippen LogP contribution in [0, 0.1) is 17.1 Å². The van der Waals surface area contributed by atoms with Crippen molar-refractivity contribution in [2.75, 3.05) is 37.5 Å². The average molecular weight is 455 g/mol. The van der Waals surface area contributed by atoms with E-state index in [1.165, 1.54) is 19.0 Å². The van der Waals surface area contributed by atoms with Gasteiger partial charge in [0.2, 0.25) is 5.95 Å². The minimum absolute atomic E-state index is 0.0719. The summed E-state index contributed by atoms with van der Waals surface area (Å²) < 4.78 is 25.1. The summed E-state index contributed by atoms with van der Waals surface area (Å²) in [4.78, 5) is 11.0. The van der Waals surface area contributed by atoms with Crippen LogP contribution < -0.4 is 15.4 Å². The van der Waals surface area contributed by atoms with E-state index in [0.717, 1.165) is 19.4 Å². The smallest absolute Gasteiger partial charge is 0.229 e. The number of nitrogens with zero attached hydrogens (tertiary/aromatic N) is 4. The fourth-order valence-corrected chi connectivity index (χ4v) is 5.03. The van der Waals surface area contributed by atoms with Crippen molar-refractivity contribution in [1.29, 1.82) is 5.26 Å². The van der Waals surface area contributed by atoms with E-state index in [1.54, 1.807) is 25.3 Å². The molecular formula is C24H31FN6O2. The third kappa shape index (κ3) is 5.34. The van der Waals surface area contributed by atoms with Gasteiger partial charge in [-0.3, -0.25) is 4.90 Å². The van der Waals surface area contributed by atoms with Crippen molar-refractivity contribution in [2.45, 2.75) is 57.2 Å². The quantitative estimate of drug-likeness (QED) is 0.577. The summed E-state index contributed by atoms with van der Waals surface area (Å²) in [7, 11) is 1.59. The maximum absolute atomic E-state index is 14.5. The number of ether oxygens (including phenoxy) is 2. The number of halogens is 1. The summed E-state index contributed by atoms with van der Waals surface area (Å²) in [6.45, 7) is 6.45. The van der Waals surface area contributed by atoms with Gasteiger partial charge in [-0.2, -0.15) is 10.2 Å². The highest BCUT2D eigenvalue weighted by molar-refractivity contribution is 5.61. The largest absolute Gasteiger partial charge is 0.490 e. The second kappa shape index (κ2) is 9.89. The molecule has 9 heteroatoms. The second-order valence-electron chi connectivity index (χ2n) is 9.26. The highest BCUT2D eigenvalue weighted by Crippen LogP contribution is 2.38. The number of nitrogens with one attached hydrogen (secondary N) is 2. The lowest BCUT2D eigenvalue weighted by Crippen LogP contribution is -2.55. The zero-order valence-corrected chi connectivity index (χ0v) is 19.4. The molecule has 0 spiro atoms. The monoisotopic (exact) mass is 454 g/mol. The standard InChI is InChI=1S/C24H31FN6O2/c1-24(2)13-18(12-19-5-4-8-31(19)24)28-22-20(25)15-27-23(30-22)29-17-6-7-21(16(11-17)14-26)33-10-9-32-3/h6-7,11,15,18-19H,4-5,8-10,12-13H2,1-3H3,(H2,27,28,29,30)/t18-,19+/m1/s1. The first-order valence-corrected chi connectivity index (χ1v) is 11.4. The molecule has 3 heterocycles. The normalized spacial score (nSPS) is 21.8. The van der Waals surface area contributed by atoms with E-state index in [0.29, 0.717) is 36.3 Å². The van der Waals surface area contributed by atoms with Crippen LogP contribution in [0.3, 0.4) is 0 Å². The lowest BCUT2D eigenvalue weighted by molar-refractivity contribution is 0.0500. The van der Waals surface area contributed by atoms with E-state index in [-0.39, 0.29) is 23.3 Å². The molecule has 2 atom stereocenters. The van der Waals surface area contributed by atoms with E-state index in [9.17, 15) is 9.65 Å². The van der Waals surface area contributed by atoms with Gasteiger partial charge < -0.3 is 20.1 Å². The molecule has 0 saturated carbocycles. The maximum atomic E-state index is 14.5. The van der Waals surface area contributed by atoms with Gasteiger partial charge in [-0.25, -0.2) is 9.37 Å². The van der Waals surface area contributed by atoms with Gasteiger partial charge in [0, 0.05) is 30.4 Å². The molecular weight excluding hydrogens is 423 g/mol. The van der Waals surface area contributed by atoms with Gasteiger partial charge >= 0.3 is 0 Å². The van der Waals surface area contributed by atoms with Crippen LogP contribution in [0.5, 0.6) is 5.75 Å². The Morgan fingerprint density at radius 2 is 2.18 bits per heavy atom. The van der Waals surface area contributed by atoms with Crippen LogP contribution in [0.2, 0.25) is 0 Å². The minimum Gasteiger partial charge on any atom is -0.490 e. The van der Waals surface area contributed by atoms with Crippen molar-refractivity contribution < 1.29 is 13.9 Å². The van der Waals surface area contributed by atoms with Crippen LogP contribution in [0.1, 0.15) is 45.1 Å². The molecule has 8 nitrogen and oxygen atoms in total. The van der Waals surface area contributed by atoms with Gasteiger partial charge in [0.1, 0.15) is 18.4 Å². The predicted molar refractivity (Wildman–Crippen MR) is 124 cm³/mol. The summed E-state index contributed by atoms with van der Waals surface area (Å²) in [6, 6.07) is 7.92. The van der Waals surface area contributed by atoms with Gasteiger partial charge in [0.05, 0.1) is 18.4 Å². The molecule has 1 aromatic carbocycles. The Morgan fingerprint density at radius 1 is 1.33 bits per heavy atom. The molecule has 1 aromatic heterocycles. The molecule has 0 unspecified atom stereocenters. The molecule has 0 aliphatic carbocycles. The molecule has 0 amide bonds. The Labute approximate surface area is 194 Å². The molecule has 4 rings (SSSR count). The second-order valence-corrected chi connectivity index (χ2v) is 9.26. The molecule has 2 saturated heterocycles. The van der Waals surface area contributed by atoms with E-state index in [1.807, 2.05) is 0 Å². The van der Waals surface area contributed by atoms with Crippen molar-refractivity contribution in [3.8, 4) is 11.8 Å². The van der Waals surface area contributed by atoms with Crippen molar-refractivity contribution in [3.63, 3.8) is 0 Å². The zero-order chi connectivity index (χ0) is 23.4. The van der Waals surface area contributed by atoms with E-state index >= 15 is 0 Å². The number of aromatic nitrogens is 2. The number of nitriles is 1. The number of fused-ring (bicyclic) bond motifs is 1. The lowest BCUT2D eigenvalue weighted by atomic mass is 9.84. The van der Waals surface area contributed by atoms with Crippen molar-refractivity contribution in [2.24, 2.45) is 0 Å². The first kappa shape index (κ1) is 23.2. The van der Waals surface area contributed by atoms with E-state index in [4.69, 9.17) is 9.47 Å². The number of piperidine rings is 1. The van der Waals surface area contributed by atoms with Gasteiger partial charge in [-0.1, -0.05) is 0 Å². The minimum atomic E-state index is -0.480. The van der Waals surface area contributed by atoms with Crippen LogP contribution in [0.15, 0.2) is 24.4 Å². The van der Waals surface area contributed by atoms with Gasteiger partial charge in [-0.15, -0.1) is 0 Å². The molecule has 2 N–H and O–H groups in total. The lowest BCUT2D eigenvalue weighted by Gasteiger charge is -2.47. The highest BCUT2D eigenvalue weighted by atomic mass is 19.1. The number of rotatable bonds is 8. The third-order valence-electron chi connectivity index (χ3n) is 6.44. The molecule has 0 bridgehead atoms. The Morgan fingerprint density at radius 3 is 2.97 bits per heavy atom. The third-order valence-corrected chi connectivity index (χ3v) is 6.44. The Kier molecular flexibility index (Phi) is 6.96. The molecule has 176 valence electrons. The highest BCUT2D eigenvalue weighted by Gasteiger charge is 2.43. The topological polar surface area (TPSA) is 95.3 Å². The van der Waals surface area contributed by atoms with Crippen LogP contribution in [0.4, 0.5) is 21.8 Å². The van der Waals surface area contributed by atoms with Gasteiger partial charge in [0.15, 0.2) is 11.6 Å². The van der Waals surface area contributed by atoms with Crippen LogP contribution >= 0.6 is 0 Å². The van der Waals surface area contributed by atoms with Gasteiger partial charge in [0.25, 0.3) is 0 Å². The fraction of sp³-hybridized carbons (Fsp3) is 0.542. The van der Waals surface area contributed by atoms with Crippen molar-refractivity contribution in [3.05, 3.63) is 35.8 Å². The predicted octanol–water partition coefficient (Wildman–Crippen LogP) is 4.07. The molecule has 2 aliphatic heterocycles. The summed E-state index contributed by atoms with van der Waals surface area (Å²) in [5.74, 6) is 0.448. The van der Waals surface area contributed by atoms with Gasteiger partial charge in [-0.05, 0) is 64.3 Å². The average Bonchev–Trinajstić information content (AvgIpc) is 3.26. The van der Waals surface area contributed by atoms with Crippen LogP contribution in [-0.2, 0) is 4.74 Å². The summed E-state index contributed by atoms with van der Waals surface area (Å²) in [5, 5.41) is 15.8. The number of methoxy groups -OCH3 is 1. The molecule has 0 radical (unpaired) electrons. The summed E-state index contributed by atoms with van der Waals surface area (Å²) >= 11 is 0. The van der Waals surface area contributed by atoms with E-state index < -0.39 is 5.82 Å². The van der Waals surface area contributed by atoms with Crippen molar-refractivity contribution >= 4 is 17.5 Å². The van der Waals surface area contributed by atoms with E-state index in [2.05, 4.69) is 45.4 Å². The zero-order valence-electron chi connectivity index (χ0n) is 19.4. The van der Waals surface area contributed by atoms with Crippen LogP contribution in [0.25, 0.3) is 0 Å². The van der Waals surface area contributed by atoms with Crippen molar-refractivity contribution in [1.82, 2.24) is 14.9 Å². The first-order valence-electron chi connectivity index (χ1n) is 11.4. The Bertz CT molecular complexity index is 1020. The molecule has 33 heavy (non-hydrogen) atoms. The SMILES string of the molecule is COCCOc1ccc(Nc2ncc(F)c(N[C@@H]3C[C@@H]4CCCN4C(C)(C)C3)n2)cc1C#N. The maximum Gasteiger partial charge on any atom is 0.229 e. The first-order chi connectivity index (χ1) is 15.9. The van der Waals surface area contributed by atoms with Crippen LogP contribution in [-0.4, -0.2) is 59.4 Å². The fourth-order valence-electron chi connectivity index (χ4n) is 5.03. The molecule has 2 aliphatic rings. The number of anilines is 3. The summed E-state index contributed by atoms with van der Waals surface area (Å²) in [6.07, 6.45) is 5.48. The number of hydrogen-bond acceptors (Lipinski definition) is 8. The number of benzene rings is 1.